The highest BCUT2D eigenvalue weighted by atomic mass is 16.5. The molecule has 120 valence electrons. The van der Waals surface area contributed by atoms with Gasteiger partial charge in [-0.05, 0) is 24.5 Å². The molecule has 3 rings (SSSR count). The van der Waals surface area contributed by atoms with Crippen LogP contribution >= 0.6 is 0 Å². The lowest BCUT2D eigenvalue weighted by atomic mass is 9.95. The first-order chi connectivity index (χ1) is 10.7. The first-order valence-electron chi connectivity index (χ1n) is 8.13. The SMILES string of the molecule is CC(CN1CCOCC1)NC(=O)C1Cc2ccccc2CN1. The predicted octanol–water partition coefficient (Wildman–Crippen LogP) is 0.538. The van der Waals surface area contributed by atoms with Gasteiger partial charge in [0.2, 0.25) is 5.91 Å². The fourth-order valence-corrected chi connectivity index (χ4v) is 3.20. The molecule has 1 saturated heterocycles. The number of hydrogen-bond acceptors (Lipinski definition) is 4. The normalized spacial score (nSPS) is 23.6. The molecule has 1 aromatic rings. The van der Waals surface area contributed by atoms with Crippen LogP contribution in [0.5, 0.6) is 0 Å². The van der Waals surface area contributed by atoms with Crippen LogP contribution in [-0.4, -0.2) is 55.7 Å². The Balaban J connectivity index is 1.49. The van der Waals surface area contributed by atoms with Crippen molar-refractivity contribution in [1.29, 1.82) is 0 Å². The fraction of sp³-hybridized carbons (Fsp3) is 0.588. The van der Waals surface area contributed by atoms with Crippen molar-refractivity contribution in [2.45, 2.75) is 32.0 Å². The number of hydrogen-bond donors (Lipinski definition) is 2. The molecule has 5 nitrogen and oxygen atoms in total. The Bertz CT molecular complexity index is 514. The number of nitrogens with one attached hydrogen (secondary N) is 2. The van der Waals surface area contributed by atoms with Crippen molar-refractivity contribution < 1.29 is 9.53 Å². The highest BCUT2D eigenvalue weighted by Gasteiger charge is 2.25. The second-order valence-electron chi connectivity index (χ2n) is 6.23. The highest BCUT2D eigenvalue weighted by molar-refractivity contribution is 5.82. The van der Waals surface area contributed by atoms with E-state index in [0.717, 1.165) is 45.8 Å². The van der Waals surface area contributed by atoms with E-state index >= 15 is 0 Å². The number of amides is 1. The number of fused-ring (bicyclic) bond motifs is 1. The summed E-state index contributed by atoms with van der Waals surface area (Å²) in [6, 6.07) is 8.36. The second kappa shape index (κ2) is 7.22. The molecule has 22 heavy (non-hydrogen) atoms. The molecule has 0 spiro atoms. The molecule has 0 saturated carbocycles. The predicted molar refractivity (Wildman–Crippen MR) is 85.6 cm³/mol. The van der Waals surface area contributed by atoms with Crippen LogP contribution in [-0.2, 0) is 22.5 Å². The Labute approximate surface area is 132 Å². The Morgan fingerprint density at radius 3 is 2.86 bits per heavy atom. The van der Waals surface area contributed by atoms with Crippen molar-refractivity contribution >= 4 is 5.91 Å². The van der Waals surface area contributed by atoms with Gasteiger partial charge in [0.05, 0.1) is 19.3 Å². The number of nitrogens with zero attached hydrogens (tertiary/aromatic N) is 1. The van der Waals surface area contributed by atoms with Gasteiger partial charge < -0.3 is 15.4 Å². The molecule has 0 aromatic heterocycles. The molecule has 1 fully saturated rings. The van der Waals surface area contributed by atoms with Crippen LogP contribution in [0.4, 0.5) is 0 Å². The highest BCUT2D eigenvalue weighted by Crippen LogP contribution is 2.16. The first-order valence-corrected chi connectivity index (χ1v) is 8.13. The summed E-state index contributed by atoms with van der Waals surface area (Å²) in [4.78, 5) is 14.8. The molecule has 2 N–H and O–H groups in total. The van der Waals surface area contributed by atoms with E-state index in [0.29, 0.717) is 0 Å². The lowest BCUT2D eigenvalue weighted by Gasteiger charge is -2.31. The third-order valence-corrected chi connectivity index (χ3v) is 4.42. The van der Waals surface area contributed by atoms with Crippen LogP contribution in [0.3, 0.4) is 0 Å². The summed E-state index contributed by atoms with van der Waals surface area (Å²) in [7, 11) is 0. The van der Waals surface area contributed by atoms with Crippen LogP contribution < -0.4 is 10.6 Å². The molecule has 2 aliphatic heterocycles. The minimum Gasteiger partial charge on any atom is -0.379 e. The van der Waals surface area contributed by atoms with Crippen molar-refractivity contribution in [3.05, 3.63) is 35.4 Å². The molecule has 2 aliphatic rings. The van der Waals surface area contributed by atoms with E-state index in [1.54, 1.807) is 0 Å². The van der Waals surface area contributed by atoms with E-state index in [1.807, 2.05) is 12.1 Å². The van der Waals surface area contributed by atoms with Crippen molar-refractivity contribution in [1.82, 2.24) is 15.5 Å². The zero-order chi connectivity index (χ0) is 15.4. The smallest absolute Gasteiger partial charge is 0.237 e. The molecular weight excluding hydrogens is 278 g/mol. The summed E-state index contributed by atoms with van der Waals surface area (Å²) in [5, 5.41) is 6.48. The minimum atomic E-state index is -0.123. The van der Waals surface area contributed by atoms with Crippen LogP contribution in [0.2, 0.25) is 0 Å². The van der Waals surface area contributed by atoms with E-state index < -0.39 is 0 Å². The van der Waals surface area contributed by atoms with Gasteiger partial charge in [0.1, 0.15) is 0 Å². The molecule has 2 heterocycles. The topological polar surface area (TPSA) is 53.6 Å². The van der Waals surface area contributed by atoms with Crippen molar-refractivity contribution in [3.8, 4) is 0 Å². The third kappa shape index (κ3) is 3.85. The Kier molecular flexibility index (Phi) is 5.08. The standard InChI is InChI=1S/C17H25N3O2/c1-13(12-20-6-8-22-9-7-20)19-17(21)16-10-14-4-2-3-5-15(14)11-18-16/h2-5,13,16,18H,6-12H2,1H3,(H,19,21). The van der Waals surface area contributed by atoms with Crippen LogP contribution in [0.25, 0.3) is 0 Å². The quantitative estimate of drug-likeness (QED) is 0.852. The summed E-state index contributed by atoms with van der Waals surface area (Å²) in [5.41, 5.74) is 2.58. The maximum atomic E-state index is 12.4. The van der Waals surface area contributed by atoms with Crippen LogP contribution in [0, 0.1) is 0 Å². The number of morpholine rings is 1. The molecule has 0 radical (unpaired) electrons. The van der Waals surface area contributed by atoms with Crippen molar-refractivity contribution in [3.63, 3.8) is 0 Å². The summed E-state index contributed by atoms with van der Waals surface area (Å²) < 4.78 is 5.35. The van der Waals surface area contributed by atoms with E-state index in [2.05, 4.69) is 34.6 Å². The van der Waals surface area contributed by atoms with E-state index in [4.69, 9.17) is 4.74 Å². The second-order valence-corrected chi connectivity index (χ2v) is 6.23. The maximum absolute atomic E-state index is 12.4. The van der Waals surface area contributed by atoms with E-state index in [1.165, 1.54) is 11.1 Å². The van der Waals surface area contributed by atoms with Gasteiger partial charge in [0.15, 0.2) is 0 Å². The monoisotopic (exact) mass is 303 g/mol. The van der Waals surface area contributed by atoms with Gasteiger partial charge in [0.25, 0.3) is 0 Å². The molecular formula is C17H25N3O2. The van der Waals surface area contributed by atoms with Gasteiger partial charge in [-0.3, -0.25) is 9.69 Å². The summed E-state index contributed by atoms with van der Waals surface area (Å²) in [5.74, 6) is 0.107. The van der Waals surface area contributed by atoms with Crippen molar-refractivity contribution in [2.75, 3.05) is 32.8 Å². The Morgan fingerprint density at radius 2 is 2.09 bits per heavy atom. The maximum Gasteiger partial charge on any atom is 0.237 e. The molecule has 0 bridgehead atoms. The zero-order valence-corrected chi connectivity index (χ0v) is 13.2. The van der Waals surface area contributed by atoms with Crippen LogP contribution in [0.15, 0.2) is 24.3 Å². The first kappa shape index (κ1) is 15.5. The molecule has 1 amide bonds. The summed E-state index contributed by atoms with van der Waals surface area (Å²) in [6.45, 7) is 7.22. The Hall–Kier alpha value is -1.43. The largest absolute Gasteiger partial charge is 0.379 e. The minimum absolute atomic E-state index is 0.107. The van der Waals surface area contributed by atoms with Gasteiger partial charge >= 0.3 is 0 Å². The van der Waals surface area contributed by atoms with E-state index in [-0.39, 0.29) is 18.0 Å². The average molecular weight is 303 g/mol. The number of carbonyl (C=O) groups excluding carboxylic acids is 1. The number of benzene rings is 1. The fourth-order valence-electron chi connectivity index (χ4n) is 3.20. The number of rotatable bonds is 4. The lowest BCUT2D eigenvalue weighted by molar-refractivity contribution is -0.124. The molecule has 1 aromatic carbocycles. The third-order valence-electron chi connectivity index (χ3n) is 4.42. The summed E-state index contributed by atoms with van der Waals surface area (Å²) >= 11 is 0. The van der Waals surface area contributed by atoms with Crippen molar-refractivity contribution in [2.24, 2.45) is 0 Å². The van der Waals surface area contributed by atoms with Gasteiger partial charge in [-0.1, -0.05) is 24.3 Å². The zero-order valence-electron chi connectivity index (χ0n) is 13.2. The molecule has 5 heteroatoms. The van der Waals surface area contributed by atoms with Gasteiger partial charge in [-0.15, -0.1) is 0 Å². The average Bonchev–Trinajstić information content (AvgIpc) is 2.55. The number of carbonyl (C=O) groups is 1. The van der Waals surface area contributed by atoms with Crippen LogP contribution in [0.1, 0.15) is 18.1 Å². The number of ether oxygens (including phenoxy) is 1. The summed E-state index contributed by atoms with van der Waals surface area (Å²) in [6.07, 6.45) is 0.770. The van der Waals surface area contributed by atoms with E-state index in [9.17, 15) is 4.79 Å². The molecule has 2 atom stereocenters. The van der Waals surface area contributed by atoms with Gasteiger partial charge in [-0.25, -0.2) is 0 Å². The Morgan fingerprint density at radius 1 is 1.36 bits per heavy atom. The van der Waals surface area contributed by atoms with Gasteiger partial charge in [-0.2, -0.15) is 0 Å². The molecule has 0 aliphatic carbocycles. The lowest BCUT2D eigenvalue weighted by Crippen LogP contribution is -2.52. The molecule has 2 unspecified atom stereocenters. The van der Waals surface area contributed by atoms with Gasteiger partial charge in [0, 0.05) is 32.2 Å².